The molecular weight excluding hydrogens is 352 g/mol. The Bertz CT molecular complexity index is 745. The highest BCUT2D eigenvalue weighted by Crippen LogP contribution is 2.29. The minimum Gasteiger partial charge on any atom is -0.493 e. The van der Waals surface area contributed by atoms with E-state index in [9.17, 15) is 4.79 Å². The summed E-state index contributed by atoms with van der Waals surface area (Å²) in [5, 5.41) is 0. The lowest BCUT2D eigenvalue weighted by Gasteiger charge is -2.33. The van der Waals surface area contributed by atoms with Gasteiger partial charge in [0.05, 0.1) is 14.2 Å². The fourth-order valence-electron chi connectivity index (χ4n) is 3.45. The van der Waals surface area contributed by atoms with E-state index in [0.29, 0.717) is 24.6 Å². The molecule has 0 N–H and O–H groups in total. The molecule has 0 saturated heterocycles. The molecule has 0 aromatic heterocycles. The Morgan fingerprint density at radius 2 is 1.54 bits per heavy atom. The number of carbonyl (C=O) groups is 1. The van der Waals surface area contributed by atoms with Crippen molar-refractivity contribution >= 4 is 5.91 Å². The molecule has 5 heteroatoms. The van der Waals surface area contributed by atoms with E-state index in [1.54, 1.807) is 14.2 Å². The van der Waals surface area contributed by atoms with Gasteiger partial charge in [0.1, 0.15) is 6.04 Å². The van der Waals surface area contributed by atoms with Crippen LogP contribution in [-0.4, -0.2) is 49.6 Å². The predicted molar refractivity (Wildman–Crippen MR) is 113 cm³/mol. The minimum absolute atomic E-state index is 0.118. The lowest BCUT2D eigenvalue weighted by molar-refractivity contribution is -0.137. The number of nitrogens with zero attached hydrogens (tertiary/aromatic N) is 2. The maximum absolute atomic E-state index is 13.5. The van der Waals surface area contributed by atoms with Crippen LogP contribution in [0.3, 0.4) is 0 Å². The van der Waals surface area contributed by atoms with Crippen molar-refractivity contribution in [3.8, 4) is 11.5 Å². The monoisotopic (exact) mass is 384 g/mol. The average Bonchev–Trinajstić information content (AvgIpc) is 2.75. The summed E-state index contributed by atoms with van der Waals surface area (Å²) < 4.78 is 10.7. The van der Waals surface area contributed by atoms with Gasteiger partial charge in [-0.05, 0) is 43.3 Å². The van der Waals surface area contributed by atoms with Crippen LogP contribution >= 0.6 is 0 Å². The van der Waals surface area contributed by atoms with Crippen LogP contribution < -0.4 is 9.47 Å². The maximum Gasteiger partial charge on any atom is 0.244 e. The van der Waals surface area contributed by atoms with Crippen molar-refractivity contribution in [3.63, 3.8) is 0 Å². The van der Waals surface area contributed by atoms with Crippen LogP contribution in [0.15, 0.2) is 48.5 Å². The lowest BCUT2D eigenvalue weighted by Crippen LogP contribution is -2.42. The standard InChI is InChI=1S/C23H32N2O3/c1-6-24(7-2)22(19-12-10-9-11-13-19)23(26)25(8-3)17-18-14-15-20(27-4)21(16-18)28-5/h9-16,22H,6-8,17H2,1-5H3. The SMILES string of the molecule is CCN(Cc1ccc(OC)c(OC)c1)C(=O)C(c1ccccc1)N(CC)CC. The molecule has 0 saturated carbocycles. The number of benzene rings is 2. The van der Waals surface area contributed by atoms with Gasteiger partial charge in [0, 0.05) is 13.1 Å². The van der Waals surface area contributed by atoms with Gasteiger partial charge < -0.3 is 14.4 Å². The number of likely N-dealkylation sites (N-methyl/N-ethyl adjacent to an activating group) is 2. The van der Waals surface area contributed by atoms with Crippen molar-refractivity contribution in [2.45, 2.75) is 33.4 Å². The van der Waals surface area contributed by atoms with Gasteiger partial charge in [-0.1, -0.05) is 50.2 Å². The quantitative estimate of drug-likeness (QED) is 0.618. The van der Waals surface area contributed by atoms with Gasteiger partial charge in [-0.3, -0.25) is 9.69 Å². The topological polar surface area (TPSA) is 42.0 Å². The number of hydrogen-bond donors (Lipinski definition) is 0. The molecule has 0 fully saturated rings. The first-order valence-electron chi connectivity index (χ1n) is 9.88. The number of hydrogen-bond acceptors (Lipinski definition) is 4. The molecule has 5 nitrogen and oxygen atoms in total. The van der Waals surface area contributed by atoms with Crippen molar-refractivity contribution in [1.29, 1.82) is 0 Å². The number of rotatable bonds is 10. The summed E-state index contributed by atoms with van der Waals surface area (Å²) in [5.74, 6) is 1.48. The molecule has 152 valence electrons. The van der Waals surface area contributed by atoms with Crippen LogP contribution in [0.2, 0.25) is 0 Å². The van der Waals surface area contributed by atoms with Crippen LogP contribution in [0.5, 0.6) is 11.5 Å². The summed E-state index contributed by atoms with van der Waals surface area (Å²) in [6, 6.07) is 15.5. The summed E-state index contributed by atoms with van der Waals surface area (Å²) in [4.78, 5) is 17.6. The van der Waals surface area contributed by atoms with Crippen molar-refractivity contribution in [2.24, 2.45) is 0 Å². The minimum atomic E-state index is -0.281. The Kier molecular flexibility index (Phi) is 8.33. The van der Waals surface area contributed by atoms with Gasteiger partial charge in [-0.15, -0.1) is 0 Å². The Morgan fingerprint density at radius 1 is 0.893 bits per heavy atom. The molecule has 0 aliphatic carbocycles. The summed E-state index contributed by atoms with van der Waals surface area (Å²) >= 11 is 0. The van der Waals surface area contributed by atoms with E-state index in [2.05, 4.69) is 18.7 Å². The largest absolute Gasteiger partial charge is 0.493 e. The second-order valence-electron chi connectivity index (χ2n) is 6.58. The predicted octanol–water partition coefficient (Wildman–Crippen LogP) is 4.14. The fourth-order valence-corrected chi connectivity index (χ4v) is 3.45. The fraction of sp³-hybridized carbons (Fsp3) is 0.435. The Morgan fingerprint density at radius 3 is 2.07 bits per heavy atom. The number of amides is 1. The van der Waals surface area contributed by atoms with Gasteiger partial charge >= 0.3 is 0 Å². The second-order valence-corrected chi connectivity index (χ2v) is 6.58. The molecular formula is C23H32N2O3. The maximum atomic E-state index is 13.5. The van der Waals surface area contributed by atoms with Gasteiger partial charge in [0.2, 0.25) is 5.91 Å². The molecule has 2 aromatic carbocycles. The van der Waals surface area contributed by atoms with Crippen molar-refractivity contribution in [3.05, 3.63) is 59.7 Å². The highest BCUT2D eigenvalue weighted by atomic mass is 16.5. The van der Waals surface area contributed by atoms with E-state index < -0.39 is 0 Å². The Hall–Kier alpha value is -2.53. The summed E-state index contributed by atoms with van der Waals surface area (Å²) in [5.41, 5.74) is 2.04. The second kappa shape index (κ2) is 10.7. The Balaban J connectivity index is 2.31. The highest BCUT2D eigenvalue weighted by molar-refractivity contribution is 5.83. The zero-order valence-electron chi connectivity index (χ0n) is 17.6. The van der Waals surface area contributed by atoms with Crippen LogP contribution in [0.4, 0.5) is 0 Å². The van der Waals surface area contributed by atoms with Gasteiger partial charge in [0.25, 0.3) is 0 Å². The van der Waals surface area contributed by atoms with E-state index in [-0.39, 0.29) is 11.9 Å². The summed E-state index contributed by atoms with van der Waals surface area (Å²) in [6.07, 6.45) is 0. The van der Waals surface area contributed by atoms with Gasteiger partial charge in [-0.25, -0.2) is 0 Å². The lowest BCUT2D eigenvalue weighted by atomic mass is 10.0. The van der Waals surface area contributed by atoms with E-state index in [1.165, 1.54) is 0 Å². The zero-order valence-corrected chi connectivity index (χ0v) is 17.6. The molecule has 0 radical (unpaired) electrons. The number of ether oxygens (including phenoxy) is 2. The zero-order chi connectivity index (χ0) is 20.5. The molecule has 1 unspecified atom stereocenters. The van der Waals surface area contributed by atoms with Crippen LogP contribution in [0.1, 0.15) is 37.9 Å². The normalized spacial score (nSPS) is 11.9. The molecule has 0 aliphatic heterocycles. The first-order chi connectivity index (χ1) is 13.6. The van der Waals surface area contributed by atoms with Gasteiger partial charge in [0.15, 0.2) is 11.5 Å². The molecule has 28 heavy (non-hydrogen) atoms. The molecule has 1 atom stereocenters. The highest BCUT2D eigenvalue weighted by Gasteiger charge is 2.29. The number of carbonyl (C=O) groups excluding carboxylic acids is 1. The van der Waals surface area contributed by atoms with Crippen LogP contribution in [0.25, 0.3) is 0 Å². The van der Waals surface area contributed by atoms with Crippen molar-refractivity contribution in [1.82, 2.24) is 9.80 Å². The Labute approximate surface area is 168 Å². The molecule has 2 rings (SSSR count). The molecule has 0 bridgehead atoms. The van der Waals surface area contributed by atoms with E-state index in [0.717, 1.165) is 24.2 Å². The third-order valence-electron chi connectivity index (χ3n) is 5.04. The third-order valence-corrected chi connectivity index (χ3v) is 5.04. The molecule has 0 heterocycles. The number of methoxy groups -OCH3 is 2. The van der Waals surface area contributed by atoms with Gasteiger partial charge in [-0.2, -0.15) is 0 Å². The molecule has 2 aromatic rings. The van der Waals surface area contributed by atoms with E-state index >= 15 is 0 Å². The van der Waals surface area contributed by atoms with E-state index in [4.69, 9.17) is 9.47 Å². The van der Waals surface area contributed by atoms with Crippen LogP contribution in [0, 0.1) is 0 Å². The van der Waals surface area contributed by atoms with Crippen LogP contribution in [-0.2, 0) is 11.3 Å². The van der Waals surface area contributed by atoms with Crippen molar-refractivity contribution < 1.29 is 14.3 Å². The van der Waals surface area contributed by atoms with E-state index in [1.807, 2.05) is 60.4 Å². The summed E-state index contributed by atoms with van der Waals surface area (Å²) in [6.45, 7) is 9.00. The molecule has 1 amide bonds. The summed E-state index contributed by atoms with van der Waals surface area (Å²) in [7, 11) is 3.24. The first kappa shape index (κ1) is 21.8. The molecule has 0 aliphatic rings. The first-order valence-corrected chi connectivity index (χ1v) is 9.88. The smallest absolute Gasteiger partial charge is 0.244 e. The third kappa shape index (κ3) is 5.04. The average molecular weight is 385 g/mol. The van der Waals surface area contributed by atoms with Crippen molar-refractivity contribution in [2.75, 3.05) is 33.9 Å². The molecule has 0 spiro atoms.